The van der Waals surface area contributed by atoms with Crippen molar-refractivity contribution in [1.29, 1.82) is 0 Å². The number of rotatable bonds is 11. The van der Waals surface area contributed by atoms with Crippen LogP contribution in [0.1, 0.15) is 64.3 Å². The summed E-state index contributed by atoms with van der Waals surface area (Å²) >= 11 is 0. The summed E-state index contributed by atoms with van der Waals surface area (Å²) in [7, 11) is 2.44. The van der Waals surface area contributed by atoms with Crippen LogP contribution in [-0.4, -0.2) is 105 Å². The van der Waals surface area contributed by atoms with Crippen molar-refractivity contribution < 1.29 is 37.4 Å². The first-order valence-electron chi connectivity index (χ1n) is 18.7. The maximum atomic E-state index is 14.7. The summed E-state index contributed by atoms with van der Waals surface area (Å²) in [5, 5.41) is 5.15. The van der Waals surface area contributed by atoms with Crippen LogP contribution in [0.4, 0.5) is 18.4 Å². The molecular weight excluding hydrogens is 726 g/mol. The normalized spacial score (nSPS) is 20.6. The highest BCUT2D eigenvalue weighted by Gasteiger charge is 2.43. The van der Waals surface area contributed by atoms with Gasteiger partial charge in [-0.2, -0.15) is 0 Å². The molecule has 6 atom stereocenters. The topological polar surface area (TPSA) is 175 Å². The number of aromatic amines is 2. The van der Waals surface area contributed by atoms with Crippen LogP contribution in [0.25, 0.3) is 33.6 Å². The summed E-state index contributed by atoms with van der Waals surface area (Å²) in [6, 6.07) is 12.7. The molecule has 4 aromatic rings. The minimum atomic E-state index is -1.23. The Morgan fingerprint density at radius 1 is 0.643 bits per heavy atom. The zero-order valence-corrected chi connectivity index (χ0v) is 32.2. The zero-order valence-electron chi connectivity index (χ0n) is 32.2. The number of amides is 4. The van der Waals surface area contributed by atoms with E-state index in [1.54, 1.807) is 40.1 Å². The zero-order chi connectivity index (χ0) is 40.3. The SMILES string of the molecule is COC(=O)NC(C(=O)N1C[C@H](F)C[C@H]1c1ncc(-c2ccc(-c3ccc(-c4cnc([C@@H]5C[C@@H](F)CN5C(=O)[C@@H](NC(=O)OC)C(C)C)[nH]4)cc3)cc2)[nH]1)C(C)C. The molecule has 2 aliphatic rings. The average Bonchev–Trinajstić information content (AvgIpc) is 4.02. The van der Waals surface area contributed by atoms with Crippen molar-refractivity contribution in [2.24, 2.45) is 11.8 Å². The molecule has 1 unspecified atom stereocenters. The van der Waals surface area contributed by atoms with Crippen LogP contribution in [0.5, 0.6) is 0 Å². The van der Waals surface area contributed by atoms with Crippen LogP contribution in [0.15, 0.2) is 60.9 Å². The monoisotopic (exact) mass is 774 g/mol. The van der Waals surface area contributed by atoms with Gasteiger partial charge in [0.25, 0.3) is 0 Å². The van der Waals surface area contributed by atoms with E-state index in [1.807, 2.05) is 48.5 Å². The number of methoxy groups -OCH3 is 2. The van der Waals surface area contributed by atoms with Crippen LogP contribution in [0.2, 0.25) is 0 Å². The van der Waals surface area contributed by atoms with Gasteiger partial charge in [-0.3, -0.25) is 9.59 Å². The van der Waals surface area contributed by atoms with E-state index in [2.05, 4.69) is 30.6 Å². The third-order valence-corrected chi connectivity index (χ3v) is 10.4. The Labute approximate surface area is 323 Å². The smallest absolute Gasteiger partial charge is 0.407 e. The molecule has 0 saturated carbocycles. The minimum Gasteiger partial charge on any atom is -0.453 e. The molecule has 16 heteroatoms. The number of hydrogen-bond acceptors (Lipinski definition) is 8. The molecule has 2 saturated heterocycles. The van der Waals surface area contributed by atoms with Crippen LogP contribution in [0.3, 0.4) is 0 Å². The number of alkyl halides is 2. The number of carbonyl (C=O) groups excluding carboxylic acids is 4. The number of imidazole rings is 2. The summed E-state index contributed by atoms with van der Waals surface area (Å²) in [4.78, 5) is 69.3. The number of nitrogens with zero attached hydrogens (tertiary/aromatic N) is 4. The third kappa shape index (κ3) is 8.53. The van der Waals surface area contributed by atoms with Gasteiger partial charge in [0, 0.05) is 12.8 Å². The van der Waals surface area contributed by atoms with Crippen molar-refractivity contribution in [3.63, 3.8) is 0 Å². The molecule has 0 radical (unpaired) electrons. The van der Waals surface area contributed by atoms with Crippen molar-refractivity contribution in [2.45, 2.75) is 77.0 Å². The lowest BCUT2D eigenvalue weighted by molar-refractivity contribution is -0.136. The molecule has 0 aliphatic carbocycles. The lowest BCUT2D eigenvalue weighted by Gasteiger charge is -2.29. The molecule has 298 valence electrons. The fraction of sp³-hybridized carbons (Fsp3) is 0.450. The van der Waals surface area contributed by atoms with Crippen molar-refractivity contribution in [1.82, 2.24) is 40.4 Å². The van der Waals surface area contributed by atoms with Gasteiger partial charge in [-0.05, 0) is 34.1 Å². The summed E-state index contributed by atoms with van der Waals surface area (Å²) in [6.45, 7) is 6.99. The van der Waals surface area contributed by atoms with E-state index in [0.29, 0.717) is 23.0 Å². The quantitative estimate of drug-likeness (QED) is 0.141. The first kappa shape index (κ1) is 39.9. The Morgan fingerprint density at radius 2 is 0.982 bits per heavy atom. The number of halogens is 2. The number of alkyl carbamates (subject to hydrolysis) is 2. The predicted octanol–water partition coefficient (Wildman–Crippen LogP) is 6.12. The molecule has 0 spiro atoms. The fourth-order valence-corrected chi connectivity index (χ4v) is 7.32. The Morgan fingerprint density at radius 3 is 1.30 bits per heavy atom. The summed E-state index contributed by atoms with van der Waals surface area (Å²) < 4.78 is 38.8. The number of H-pyrrole nitrogens is 2. The van der Waals surface area contributed by atoms with Crippen molar-refractivity contribution in [3.05, 3.63) is 72.6 Å². The van der Waals surface area contributed by atoms with E-state index in [1.165, 1.54) is 24.0 Å². The standard InChI is InChI=1S/C40H48F2N8O6/c1-21(2)33(47-39(53)55-5)37(51)49-19-27(41)15-31(49)35-43-17-29(45-35)25-11-7-23(8-12-25)24-9-13-26(14-10-24)30-18-44-36(46-30)32-16-28(42)20-50(32)38(52)34(22(3)4)48-40(54)56-6/h7-14,17-18,21-22,27-28,31-34H,15-16,19-20H2,1-6H3,(H,43,45)(H,44,46)(H,47,53)(H,48,54)/t27-,28-,31+,32+,33+,34?/m1/s1. The molecule has 56 heavy (non-hydrogen) atoms. The summed E-state index contributed by atoms with van der Waals surface area (Å²) in [5.74, 6) is -0.369. The number of nitrogens with one attached hydrogen (secondary N) is 4. The van der Waals surface area contributed by atoms with Gasteiger partial charge in [-0.1, -0.05) is 76.2 Å². The molecule has 14 nitrogen and oxygen atoms in total. The maximum absolute atomic E-state index is 14.7. The summed E-state index contributed by atoms with van der Waals surface area (Å²) in [5.41, 5.74) is 5.05. The second-order valence-electron chi connectivity index (χ2n) is 14.9. The molecule has 2 fully saturated rings. The number of carbonyl (C=O) groups is 4. The highest BCUT2D eigenvalue weighted by molar-refractivity contribution is 5.87. The number of aromatic nitrogens is 4. The molecule has 4 amide bonds. The molecule has 2 aliphatic heterocycles. The number of benzene rings is 2. The molecular formula is C40H48F2N8O6. The summed E-state index contributed by atoms with van der Waals surface area (Å²) in [6.07, 6.45) is -0.435. The number of likely N-dealkylation sites (tertiary alicyclic amines) is 2. The van der Waals surface area contributed by atoms with Gasteiger partial charge in [0.2, 0.25) is 11.8 Å². The Balaban J connectivity index is 1.13. The second-order valence-corrected chi connectivity index (χ2v) is 14.9. The van der Waals surface area contributed by atoms with Crippen LogP contribution in [0, 0.1) is 11.8 Å². The van der Waals surface area contributed by atoms with Crippen LogP contribution < -0.4 is 10.6 Å². The van der Waals surface area contributed by atoms with Gasteiger partial charge in [0.1, 0.15) is 36.1 Å². The molecule has 2 aromatic carbocycles. The Kier molecular flexibility index (Phi) is 12.0. The number of ether oxygens (including phenoxy) is 2. The largest absolute Gasteiger partial charge is 0.453 e. The van der Waals surface area contributed by atoms with Gasteiger partial charge in [-0.25, -0.2) is 28.3 Å². The fourth-order valence-electron chi connectivity index (χ4n) is 7.32. The molecule has 4 heterocycles. The van der Waals surface area contributed by atoms with E-state index >= 15 is 0 Å². The van der Waals surface area contributed by atoms with Gasteiger partial charge in [0.15, 0.2) is 0 Å². The maximum Gasteiger partial charge on any atom is 0.407 e. The highest BCUT2D eigenvalue weighted by Crippen LogP contribution is 2.36. The van der Waals surface area contributed by atoms with Crippen LogP contribution in [-0.2, 0) is 19.1 Å². The third-order valence-electron chi connectivity index (χ3n) is 10.4. The Hall–Kier alpha value is -5.80. The minimum absolute atomic E-state index is 0.0855. The van der Waals surface area contributed by atoms with Crippen molar-refractivity contribution in [2.75, 3.05) is 27.3 Å². The van der Waals surface area contributed by atoms with E-state index in [4.69, 9.17) is 9.47 Å². The number of hydrogen-bond donors (Lipinski definition) is 4. The van der Waals surface area contributed by atoms with Gasteiger partial charge >= 0.3 is 12.2 Å². The average molecular weight is 775 g/mol. The molecule has 2 aromatic heterocycles. The highest BCUT2D eigenvalue weighted by atomic mass is 19.1. The van der Waals surface area contributed by atoms with Crippen molar-refractivity contribution in [3.8, 4) is 33.6 Å². The van der Waals surface area contributed by atoms with Gasteiger partial charge < -0.3 is 39.9 Å². The van der Waals surface area contributed by atoms with E-state index in [0.717, 1.165) is 22.3 Å². The van der Waals surface area contributed by atoms with E-state index < -0.39 is 60.5 Å². The lowest BCUT2D eigenvalue weighted by Crippen LogP contribution is -2.51. The van der Waals surface area contributed by atoms with E-state index in [9.17, 15) is 28.0 Å². The molecule has 6 rings (SSSR count). The van der Waals surface area contributed by atoms with Gasteiger partial charge in [0.05, 0.1) is 63.2 Å². The van der Waals surface area contributed by atoms with Crippen LogP contribution >= 0.6 is 0 Å². The molecule has 0 bridgehead atoms. The molecule has 4 N–H and O–H groups in total. The lowest BCUT2D eigenvalue weighted by atomic mass is 10.0. The predicted molar refractivity (Wildman–Crippen MR) is 203 cm³/mol. The second kappa shape index (κ2) is 16.9. The first-order chi connectivity index (χ1) is 26.8. The van der Waals surface area contributed by atoms with E-state index in [-0.39, 0.29) is 37.8 Å². The Bertz CT molecular complexity index is 1870. The van der Waals surface area contributed by atoms with Crippen molar-refractivity contribution >= 4 is 24.0 Å². The first-order valence-corrected chi connectivity index (χ1v) is 18.7. The van der Waals surface area contributed by atoms with Gasteiger partial charge in [-0.15, -0.1) is 0 Å².